The van der Waals surface area contributed by atoms with Crippen LogP contribution in [0.4, 0.5) is 0 Å². The molecule has 0 amide bonds. The number of aliphatic imine (C=N–C) groups is 1. The molecule has 1 atom stereocenters. The van der Waals surface area contributed by atoms with E-state index in [-0.39, 0.29) is 24.0 Å². The first-order valence-corrected chi connectivity index (χ1v) is 8.95. The maximum absolute atomic E-state index is 5.46. The van der Waals surface area contributed by atoms with Crippen molar-refractivity contribution in [3.63, 3.8) is 0 Å². The Labute approximate surface area is 172 Å². The van der Waals surface area contributed by atoms with E-state index in [1.54, 1.807) is 6.26 Å². The van der Waals surface area contributed by atoms with Crippen molar-refractivity contribution < 1.29 is 9.15 Å². The lowest BCUT2D eigenvalue weighted by atomic mass is 10.1. The highest BCUT2D eigenvalue weighted by atomic mass is 127. The molecule has 142 valence electrons. The molecule has 3 rings (SSSR count). The van der Waals surface area contributed by atoms with E-state index in [1.165, 1.54) is 5.56 Å². The third-order valence-corrected chi connectivity index (χ3v) is 4.38. The molecule has 0 saturated carbocycles. The highest BCUT2D eigenvalue weighted by Gasteiger charge is 2.16. The van der Waals surface area contributed by atoms with Crippen molar-refractivity contribution >= 4 is 29.9 Å². The van der Waals surface area contributed by atoms with Crippen LogP contribution in [-0.2, 0) is 17.7 Å². The standard InChI is InChI=1S/C20H27N3O2.HI/c1-23(15-17-6-3-2-4-7-17)20(22-14-18-10-13-24-16-18)21-11-9-19-8-5-12-25-19;/h2-8,12,18H,9-11,13-16H2,1H3,(H,21,22);1H. The summed E-state index contributed by atoms with van der Waals surface area (Å²) in [5.41, 5.74) is 1.27. The summed E-state index contributed by atoms with van der Waals surface area (Å²) in [6.07, 6.45) is 3.66. The van der Waals surface area contributed by atoms with Crippen molar-refractivity contribution in [3.8, 4) is 0 Å². The number of halogens is 1. The molecule has 1 unspecified atom stereocenters. The lowest BCUT2D eigenvalue weighted by molar-refractivity contribution is 0.187. The number of ether oxygens (including phenoxy) is 1. The lowest BCUT2D eigenvalue weighted by Gasteiger charge is -2.23. The van der Waals surface area contributed by atoms with Gasteiger partial charge in [-0.15, -0.1) is 24.0 Å². The average molecular weight is 469 g/mol. The molecule has 2 heterocycles. The molecule has 0 radical (unpaired) electrons. The number of nitrogens with zero attached hydrogens (tertiary/aromatic N) is 2. The number of rotatable bonds is 7. The maximum atomic E-state index is 5.46. The van der Waals surface area contributed by atoms with Gasteiger partial charge in [0.05, 0.1) is 12.9 Å². The zero-order valence-corrected chi connectivity index (χ0v) is 17.6. The molecule has 1 aromatic carbocycles. The molecule has 5 nitrogen and oxygen atoms in total. The van der Waals surface area contributed by atoms with Gasteiger partial charge in [0.2, 0.25) is 0 Å². The van der Waals surface area contributed by atoms with Crippen LogP contribution in [0.15, 0.2) is 58.1 Å². The van der Waals surface area contributed by atoms with Crippen molar-refractivity contribution in [2.24, 2.45) is 10.9 Å². The fourth-order valence-corrected chi connectivity index (χ4v) is 2.94. The summed E-state index contributed by atoms with van der Waals surface area (Å²) in [6.45, 7) is 4.12. The van der Waals surface area contributed by atoms with Gasteiger partial charge in [-0.05, 0) is 24.1 Å². The van der Waals surface area contributed by atoms with Crippen molar-refractivity contribution in [1.29, 1.82) is 0 Å². The lowest BCUT2D eigenvalue weighted by Crippen LogP contribution is -2.40. The quantitative estimate of drug-likeness (QED) is 0.383. The van der Waals surface area contributed by atoms with Gasteiger partial charge in [-0.25, -0.2) is 0 Å². The predicted molar refractivity (Wildman–Crippen MR) is 115 cm³/mol. The third-order valence-electron chi connectivity index (χ3n) is 4.38. The minimum atomic E-state index is 0. The highest BCUT2D eigenvalue weighted by molar-refractivity contribution is 14.0. The van der Waals surface area contributed by atoms with Crippen molar-refractivity contribution in [2.45, 2.75) is 19.4 Å². The average Bonchev–Trinajstić information content (AvgIpc) is 3.32. The molecule has 26 heavy (non-hydrogen) atoms. The Balaban J connectivity index is 0.00000243. The van der Waals surface area contributed by atoms with E-state index in [0.717, 1.165) is 57.4 Å². The van der Waals surface area contributed by atoms with Crippen LogP contribution in [0.2, 0.25) is 0 Å². The van der Waals surface area contributed by atoms with Gasteiger partial charge in [-0.2, -0.15) is 0 Å². The molecule has 6 heteroatoms. The van der Waals surface area contributed by atoms with Crippen LogP contribution in [0.25, 0.3) is 0 Å². The van der Waals surface area contributed by atoms with Gasteiger partial charge in [-0.1, -0.05) is 30.3 Å². The minimum absolute atomic E-state index is 0. The van der Waals surface area contributed by atoms with Gasteiger partial charge in [0, 0.05) is 45.6 Å². The van der Waals surface area contributed by atoms with Crippen molar-refractivity contribution in [1.82, 2.24) is 10.2 Å². The zero-order valence-electron chi connectivity index (χ0n) is 15.3. The van der Waals surface area contributed by atoms with E-state index in [0.29, 0.717) is 5.92 Å². The van der Waals surface area contributed by atoms with Crippen LogP contribution < -0.4 is 5.32 Å². The fourth-order valence-electron chi connectivity index (χ4n) is 2.94. The van der Waals surface area contributed by atoms with Gasteiger partial charge in [0.25, 0.3) is 0 Å². The second-order valence-corrected chi connectivity index (χ2v) is 6.49. The third kappa shape index (κ3) is 6.64. The molecule has 1 aliphatic rings. The molecule has 0 aliphatic carbocycles. The smallest absolute Gasteiger partial charge is 0.193 e. The van der Waals surface area contributed by atoms with E-state index >= 15 is 0 Å². The van der Waals surface area contributed by atoms with Gasteiger partial charge < -0.3 is 19.4 Å². The number of guanidine groups is 1. The largest absolute Gasteiger partial charge is 0.469 e. The molecule has 1 saturated heterocycles. The van der Waals surface area contributed by atoms with Gasteiger partial charge >= 0.3 is 0 Å². The first kappa shape index (κ1) is 20.8. The van der Waals surface area contributed by atoms with Crippen LogP contribution in [-0.4, -0.2) is 44.2 Å². The van der Waals surface area contributed by atoms with Crippen LogP contribution in [0, 0.1) is 5.92 Å². The van der Waals surface area contributed by atoms with Gasteiger partial charge in [-0.3, -0.25) is 4.99 Å². The first-order valence-electron chi connectivity index (χ1n) is 8.95. The van der Waals surface area contributed by atoms with Crippen molar-refractivity contribution in [2.75, 3.05) is 33.4 Å². The van der Waals surface area contributed by atoms with E-state index < -0.39 is 0 Å². The maximum Gasteiger partial charge on any atom is 0.193 e. The molecule has 1 aromatic heterocycles. The topological polar surface area (TPSA) is 50.0 Å². The van der Waals surface area contributed by atoms with E-state index in [4.69, 9.17) is 14.1 Å². The highest BCUT2D eigenvalue weighted by Crippen LogP contribution is 2.12. The Morgan fingerprint density at radius 1 is 1.23 bits per heavy atom. The summed E-state index contributed by atoms with van der Waals surface area (Å²) < 4.78 is 10.9. The van der Waals surface area contributed by atoms with E-state index in [1.807, 2.05) is 18.2 Å². The van der Waals surface area contributed by atoms with Crippen LogP contribution in [0.5, 0.6) is 0 Å². The van der Waals surface area contributed by atoms with Crippen LogP contribution >= 0.6 is 24.0 Å². The van der Waals surface area contributed by atoms with Crippen LogP contribution in [0.3, 0.4) is 0 Å². The minimum Gasteiger partial charge on any atom is -0.469 e. The fraction of sp³-hybridized carbons (Fsp3) is 0.450. The number of nitrogens with one attached hydrogen (secondary N) is 1. The first-order chi connectivity index (χ1) is 12.3. The summed E-state index contributed by atoms with van der Waals surface area (Å²) >= 11 is 0. The van der Waals surface area contributed by atoms with Gasteiger partial charge in [0.15, 0.2) is 5.96 Å². The molecule has 2 aromatic rings. The molecule has 0 spiro atoms. The normalized spacial score (nSPS) is 17.0. The summed E-state index contributed by atoms with van der Waals surface area (Å²) in [5, 5.41) is 3.48. The summed E-state index contributed by atoms with van der Waals surface area (Å²) in [5.74, 6) is 2.45. The monoisotopic (exact) mass is 469 g/mol. The summed E-state index contributed by atoms with van der Waals surface area (Å²) in [4.78, 5) is 7.02. The molecule has 1 N–H and O–H groups in total. The Bertz CT molecular complexity index is 640. The Morgan fingerprint density at radius 2 is 2.08 bits per heavy atom. The summed E-state index contributed by atoms with van der Waals surface area (Å²) in [6, 6.07) is 14.4. The summed E-state index contributed by atoms with van der Waals surface area (Å²) in [7, 11) is 2.08. The SMILES string of the molecule is CN(Cc1ccccc1)C(=NCC1CCOC1)NCCc1ccco1.I. The molecule has 1 aliphatic heterocycles. The second-order valence-electron chi connectivity index (χ2n) is 6.49. The number of benzene rings is 1. The Kier molecular flexibility index (Phi) is 8.97. The number of furan rings is 1. The Hall–Kier alpha value is -1.54. The zero-order chi connectivity index (χ0) is 17.3. The van der Waals surface area contributed by atoms with Crippen LogP contribution in [0.1, 0.15) is 17.7 Å². The molecule has 0 bridgehead atoms. The van der Waals surface area contributed by atoms with Crippen molar-refractivity contribution in [3.05, 3.63) is 60.1 Å². The second kappa shape index (κ2) is 11.2. The van der Waals surface area contributed by atoms with E-state index in [9.17, 15) is 0 Å². The molecule has 1 fully saturated rings. The van der Waals surface area contributed by atoms with E-state index in [2.05, 4.69) is 41.5 Å². The van der Waals surface area contributed by atoms with Gasteiger partial charge in [0.1, 0.15) is 5.76 Å². The molecular formula is C20H28IN3O2. The predicted octanol–water partition coefficient (Wildman–Crippen LogP) is 3.55. The molecular weight excluding hydrogens is 441 g/mol. The number of hydrogen-bond donors (Lipinski definition) is 1. The number of hydrogen-bond acceptors (Lipinski definition) is 3. The Morgan fingerprint density at radius 3 is 2.77 bits per heavy atom.